The minimum Gasteiger partial charge on any atom is -0.368 e. The molecule has 4 unspecified atom stereocenters. The predicted molar refractivity (Wildman–Crippen MR) is 76.8 cm³/mol. The molecule has 0 aliphatic heterocycles. The summed E-state index contributed by atoms with van der Waals surface area (Å²) >= 11 is 0. The molecule has 2 aliphatic carbocycles. The second-order valence-corrected chi connectivity index (χ2v) is 6.11. The first kappa shape index (κ1) is 14.6. The van der Waals surface area contributed by atoms with Crippen LogP contribution in [0.3, 0.4) is 0 Å². The number of amides is 1. The van der Waals surface area contributed by atoms with E-state index in [0.29, 0.717) is 6.61 Å². The van der Waals surface area contributed by atoms with Gasteiger partial charge in [-0.25, -0.2) is 0 Å². The van der Waals surface area contributed by atoms with Gasteiger partial charge in [-0.2, -0.15) is 0 Å². The highest BCUT2D eigenvalue weighted by Gasteiger charge is 2.38. The van der Waals surface area contributed by atoms with Crippen molar-refractivity contribution < 1.29 is 9.53 Å². The number of rotatable bonds is 8. The van der Waals surface area contributed by atoms with Gasteiger partial charge in [-0.15, -0.1) is 6.58 Å². The van der Waals surface area contributed by atoms with Crippen molar-refractivity contribution in [2.24, 2.45) is 17.8 Å². The summed E-state index contributed by atoms with van der Waals surface area (Å²) in [5.74, 6) is 2.82. The third-order valence-electron chi connectivity index (χ3n) is 4.76. The Morgan fingerprint density at radius 3 is 2.95 bits per heavy atom. The molecule has 0 heterocycles. The molecule has 0 aromatic heterocycles. The largest absolute Gasteiger partial charge is 0.368 e. The van der Waals surface area contributed by atoms with Crippen LogP contribution in [0.15, 0.2) is 12.7 Å². The van der Waals surface area contributed by atoms with Gasteiger partial charge in [0, 0.05) is 6.54 Å². The van der Waals surface area contributed by atoms with Gasteiger partial charge in [0.25, 0.3) is 0 Å². The Morgan fingerprint density at radius 2 is 2.32 bits per heavy atom. The summed E-state index contributed by atoms with van der Waals surface area (Å²) in [7, 11) is 0. The van der Waals surface area contributed by atoms with Crippen LogP contribution in [0.2, 0.25) is 0 Å². The lowest BCUT2D eigenvalue weighted by atomic mass is 9.86. The van der Waals surface area contributed by atoms with Crippen molar-refractivity contribution in [3.63, 3.8) is 0 Å². The summed E-state index contributed by atoms with van der Waals surface area (Å²) < 4.78 is 5.43. The van der Waals surface area contributed by atoms with Crippen molar-refractivity contribution in [1.82, 2.24) is 5.32 Å². The van der Waals surface area contributed by atoms with Crippen LogP contribution >= 0.6 is 0 Å². The van der Waals surface area contributed by atoms with Gasteiger partial charge in [0.1, 0.15) is 6.10 Å². The average Bonchev–Trinajstić information content (AvgIpc) is 3.01. The van der Waals surface area contributed by atoms with E-state index < -0.39 is 0 Å². The van der Waals surface area contributed by atoms with Crippen LogP contribution in [0.5, 0.6) is 0 Å². The Kier molecular flexibility index (Phi) is 5.44. The van der Waals surface area contributed by atoms with Crippen molar-refractivity contribution >= 4 is 5.91 Å². The Labute approximate surface area is 116 Å². The zero-order valence-corrected chi connectivity index (χ0v) is 12.1. The molecule has 0 saturated heterocycles. The fourth-order valence-corrected chi connectivity index (χ4v) is 3.66. The van der Waals surface area contributed by atoms with E-state index in [4.69, 9.17) is 4.74 Å². The first-order chi connectivity index (χ1) is 9.20. The molecule has 0 radical (unpaired) electrons. The third-order valence-corrected chi connectivity index (χ3v) is 4.76. The van der Waals surface area contributed by atoms with E-state index in [9.17, 15) is 4.79 Å². The summed E-state index contributed by atoms with van der Waals surface area (Å²) in [4.78, 5) is 11.8. The summed E-state index contributed by atoms with van der Waals surface area (Å²) in [6.07, 6.45) is 9.10. The number of nitrogens with one attached hydrogen (secondary N) is 1. The standard InChI is InChI=1S/C16H27NO2/c1-3-4-9-19-12(2)16(18)17-8-7-15-11-13-5-6-14(15)10-13/h3,12-15H,1,4-11H2,2H3,(H,17,18). The second kappa shape index (κ2) is 7.09. The number of fused-ring (bicyclic) bond motifs is 2. The number of hydrogen-bond donors (Lipinski definition) is 1. The molecule has 1 N–H and O–H groups in total. The number of hydrogen-bond acceptors (Lipinski definition) is 2. The Bertz CT molecular complexity index is 316. The van der Waals surface area contributed by atoms with Crippen molar-refractivity contribution in [3.8, 4) is 0 Å². The normalized spacial score (nSPS) is 30.3. The quantitative estimate of drug-likeness (QED) is 0.541. The molecule has 3 nitrogen and oxygen atoms in total. The molecular weight excluding hydrogens is 238 g/mol. The molecule has 19 heavy (non-hydrogen) atoms. The fourth-order valence-electron chi connectivity index (χ4n) is 3.66. The van der Waals surface area contributed by atoms with Crippen molar-refractivity contribution in [2.45, 2.75) is 51.6 Å². The smallest absolute Gasteiger partial charge is 0.248 e. The highest BCUT2D eigenvalue weighted by molar-refractivity contribution is 5.80. The van der Waals surface area contributed by atoms with Gasteiger partial charge in [-0.05, 0) is 56.8 Å². The van der Waals surface area contributed by atoms with E-state index in [2.05, 4.69) is 11.9 Å². The van der Waals surface area contributed by atoms with E-state index in [1.165, 1.54) is 25.7 Å². The van der Waals surface area contributed by atoms with E-state index in [-0.39, 0.29) is 12.0 Å². The summed E-state index contributed by atoms with van der Waals surface area (Å²) in [5.41, 5.74) is 0. The van der Waals surface area contributed by atoms with Gasteiger partial charge in [-0.3, -0.25) is 4.79 Å². The maximum absolute atomic E-state index is 11.8. The van der Waals surface area contributed by atoms with Crippen molar-refractivity contribution in [1.29, 1.82) is 0 Å². The van der Waals surface area contributed by atoms with Gasteiger partial charge in [-0.1, -0.05) is 12.5 Å². The second-order valence-electron chi connectivity index (χ2n) is 6.11. The maximum atomic E-state index is 11.8. The molecule has 4 atom stereocenters. The summed E-state index contributed by atoms with van der Waals surface area (Å²) in [5, 5.41) is 3.01. The molecule has 2 saturated carbocycles. The zero-order valence-electron chi connectivity index (χ0n) is 12.1. The monoisotopic (exact) mass is 265 g/mol. The van der Waals surface area contributed by atoms with E-state index in [0.717, 1.165) is 37.1 Å². The fraction of sp³-hybridized carbons (Fsp3) is 0.812. The lowest BCUT2D eigenvalue weighted by Crippen LogP contribution is -2.36. The van der Waals surface area contributed by atoms with E-state index in [1.54, 1.807) is 6.08 Å². The van der Waals surface area contributed by atoms with Crippen LogP contribution < -0.4 is 5.32 Å². The average molecular weight is 265 g/mol. The third kappa shape index (κ3) is 4.07. The molecule has 0 aromatic carbocycles. The van der Waals surface area contributed by atoms with Crippen LogP contribution in [0.1, 0.15) is 45.4 Å². The van der Waals surface area contributed by atoms with Crippen LogP contribution in [-0.2, 0) is 9.53 Å². The lowest BCUT2D eigenvalue weighted by Gasteiger charge is -2.22. The first-order valence-corrected chi connectivity index (χ1v) is 7.71. The molecule has 0 spiro atoms. The molecule has 1 amide bonds. The Balaban J connectivity index is 1.57. The zero-order chi connectivity index (χ0) is 13.7. The summed E-state index contributed by atoms with van der Waals surface area (Å²) in [6.45, 7) is 6.83. The van der Waals surface area contributed by atoms with Gasteiger partial charge in [0.15, 0.2) is 0 Å². The molecule has 2 fully saturated rings. The maximum Gasteiger partial charge on any atom is 0.248 e. The van der Waals surface area contributed by atoms with Crippen molar-refractivity contribution in [2.75, 3.05) is 13.2 Å². The topological polar surface area (TPSA) is 38.3 Å². The van der Waals surface area contributed by atoms with Crippen molar-refractivity contribution in [3.05, 3.63) is 12.7 Å². The number of carbonyl (C=O) groups excluding carboxylic acids is 1. The first-order valence-electron chi connectivity index (χ1n) is 7.71. The van der Waals surface area contributed by atoms with E-state index >= 15 is 0 Å². The van der Waals surface area contributed by atoms with Gasteiger partial charge in [0.05, 0.1) is 6.61 Å². The molecular formula is C16H27NO2. The van der Waals surface area contributed by atoms with Crippen LogP contribution in [0.4, 0.5) is 0 Å². The lowest BCUT2D eigenvalue weighted by molar-refractivity contribution is -0.131. The van der Waals surface area contributed by atoms with E-state index in [1.807, 2.05) is 6.92 Å². The Hall–Kier alpha value is -0.830. The predicted octanol–water partition coefficient (Wildman–Crippen LogP) is 2.91. The van der Waals surface area contributed by atoms with Crippen LogP contribution in [0.25, 0.3) is 0 Å². The Morgan fingerprint density at radius 1 is 1.47 bits per heavy atom. The molecule has 3 heteroatoms. The highest BCUT2D eigenvalue weighted by atomic mass is 16.5. The van der Waals surface area contributed by atoms with Gasteiger partial charge >= 0.3 is 0 Å². The molecule has 2 bridgehead atoms. The van der Waals surface area contributed by atoms with Gasteiger partial charge < -0.3 is 10.1 Å². The minimum atomic E-state index is -0.347. The molecule has 2 rings (SSSR count). The molecule has 0 aromatic rings. The summed E-state index contributed by atoms with van der Waals surface area (Å²) in [6, 6.07) is 0. The van der Waals surface area contributed by atoms with Crippen LogP contribution in [-0.4, -0.2) is 25.2 Å². The number of ether oxygens (including phenoxy) is 1. The van der Waals surface area contributed by atoms with Gasteiger partial charge in [0.2, 0.25) is 5.91 Å². The highest BCUT2D eigenvalue weighted by Crippen LogP contribution is 2.49. The number of carbonyl (C=O) groups is 1. The molecule has 108 valence electrons. The molecule has 2 aliphatic rings. The minimum absolute atomic E-state index is 0.0206. The SMILES string of the molecule is C=CCCOC(C)C(=O)NCCC1CC2CCC1C2. The van der Waals surface area contributed by atoms with Crippen LogP contribution in [0, 0.1) is 17.8 Å².